The molecule has 0 saturated carbocycles. The van der Waals surface area contributed by atoms with E-state index in [1.165, 1.54) is 12.1 Å². The van der Waals surface area contributed by atoms with Gasteiger partial charge in [-0.05, 0) is 48.4 Å². The first-order valence-corrected chi connectivity index (χ1v) is 10.4. The number of anilines is 1. The monoisotopic (exact) mass is 417 g/mol. The SMILES string of the molecule is CCCN1C(=O)c2ccccc2[C@H]1Nc1cccc(C(=O)NCc2ccc(F)cc2)c1. The molecule has 0 fully saturated rings. The van der Waals surface area contributed by atoms with Crippen LogP contribution in [0.25, 0.3) is 0 Å². The molecule has 158 valence electrons. The maximum absolute atomic E-state index is 13.0. The molecule has 31 heavy (non-hydrogen) atoms. The van der Waals surface area contributed by atoms with Gasteiger partial charge in [-0.3, -0.25) is 9.59 Å². The molecule has 0 aromatic heterocycles. The van der Waals surface area contributed by atoms with E-state index in [4.69, 9.17) is 0 Å². The van der Waals surface area contributed by atoms with Gasteiger partial charge in [0.05, 0.1) is 0 Å². The molecule has 3 aromatic carbocycles. The van der Waals surface area contributed by atoms with Crippen molar-refractivity contribution in [1.82, 2.24) is 10.2 Å². The largest absolute Gasteiger partial charge is 0.361 e. The summed E-state index contributed by atoms with van der Waals surface area (Å²) in [5, 5.41) is 6.27. The van der Waals surface area contributed by atoms with Crippen LogP contribution in [0.4, 0.5) is 10.1 Å². The van der Waals surface area contributed by atoms with Crippen molar-refractivity contribution in [2.45, 2.75) is 26.1 Å². The maximum Gasteiger partial charge on any atom is 0.256 e. The van der Waals surface area contributed by atoms with Crippen LogP contribution in [0.1, 0.15) is 51.4 Å². The highest BCUT2D eigenvalue weighted by Gasteiger charge is 2.35. The van der Waals surface area contributed by atoms with E-state index in [1.807, 2.05) is 48.2 Å². The summed E-state index contributed by atoms with van der Waals surface area (Å²) in [5.41, 5.74) is 3.73. The fourth-order valence-electron chi connectivity index (χ4n) is 3.79. The van der Waals surface area contributed by atoms with Gasteiger partial charge < -0.3 is 15.5 Å². The van der Waals surface area contributed by atoms with Crippen molar-refractivity contribution >= 4 is 17.5 Å². The second-order valence-corrected chi connectivity index (χ2v) is 7.52. The van der Waals surface area contributed by atoms with Crippen LogP contribution in [0.2, 0.25) is 0 Å². The number of halogens is 1. The van der Waals surface area contributed by atoms with Gasteiger partial charge in [0.15, 0.2) is 0 Å². The molecular formula is C25H24FN3O2. The third kappa shape index (κ3) is 4.43. The summed E-state index contributed by atoms with van der Waals surface area (Å²) < 4.78 is 13.0. The third-order valence-electron chi connectivity index (χ3n) is 5.32. The number of nitrogens with zero attached hydrogens (tertiary/aromatic N) is 1. The average molecular weight is 417 g/mol. The van der Waals surface area contributed by atoms with E-state index in [0.29, 0.717) is 24.2 Å². The zero-order valence-corrected chi connectivity index (χ0v) is 17.3. The highest BCUT2D eigenvalue weighted by molar-refractivity contribution is 5.99. The van der Waals surface area contributed by atoms with E-state index in [9.17, 15) is 14.0 Å². The number of amides is 2. The fourth-order valence-corrected chi connectivity index (χ4v) is 3.79. The van der Waals surface area contributed by atoms with Gasteiger partial charge in [0.25, 0.3) is 11.8 Å². The first-order chi connectivity index (χ1) is 15.1. The van der Waals surface area contributed by atoms with Crippen molar-refractivity contribution in [3.63, 3.8) is 0 Å². The molecule has 6 heteroatoms. The maximum atomic E-state index is 13.0. The highest BCUT2D eigenvalue weighted by atomic mass is 19.1. The molecule has 1 heterocycles. The van der Waals surface area contributed by atoms with Crippen molar-refractivity contribution in [1.29, 1.82) is 0 Å². The minimum Gasteiger partial charge on any atom is -0.361 e. The quantitative estimate of drug-likeness (QED) is 0.584. The average Bonchev–Trinajstić information content (AvgIpc) is 3.05. The van der Waals surface area contributed by atoms with Gasteiger partial charge in [0.2, 0.25) is 0 Å². The van der Waals surface area contributed by atoms with Crippen LogP contribution in [-0.4, -0.2) is 23.3 Å². The number of nitrogens with one attached hydrogen (secondary N) is 2. The van der Waals surface area contributed by atoms with Gasteiger partial charge >= 0.3 is 0 Å². The Kier molecular flexibility index (Phi) is 5.98. The number of hydrogen-bond acceptors (Lipinski definition) is 3. The lowest BCUT2D eigenvalue weighted by molar-refractivity contribution is 0.0742. The van der Waals surface area contributed by atoms with E-state index in [2.05, 4.69) is 10.6 Å². The van der Waals surface area contributed by atoms with Crippen LogP contribution in [0.15, 0.2) is 72.8 Å². The van der Waals surface area contributed by atoms with E-state index in [-0.39, 0.29) is 23.8 Å². The summed E-state index contributed by atoms with van der Waals surface area (Å²) in [7, 11) is 0. The van der Waals surface area contributed by atoms with Crippen molar-refractivity contribution in [3.8, 4) is 0 Å². The van der Waals surface area contributed by atoms with Gasteiger partial charge in [-0.25, -0.2) is 4.39 Å². The van der Waals surface area contributed by atoms with Crippen LogP contribution >= 0.6 is 0 Å². The van der Waals surface area contributed by atoms with Crippen molar-refractivity contribution in [3.05, 3.63) is 101 Å². The summed E-state index contributed by atoms with van der Waals surface area (Å²) in [5.74, 6) is -0.512. The summed E-state index contributed by atoms with van der Waals surface area (Å²) in [6, 6.07) is 20.8. The molecule has 0 unspecified atom stereocenters. The Morgan fingerprint density at radius 1 is 1.03 bits per heavy atom. The number of rotatable bonds is 7. The molecule has 0 radical (unpaired) electrons. The van der Waals surface area contributed by atoms with Crippen LogP contribution in [0.5, 0.6) is 0 Å². The topological polar surface area (TPSA) is 61.4 Å². The predicted octanol–water partition coefficient (Wildman–Crippen LogP) is 4.73. The normalized spacial score (nSPS) is 15.0. The highest BCUT2D eigenvalue weighted by Crippen LogP contribution is 2.34. The summed E-state index contributed by atoms with van der Waals surface area (Å²) >= 11 is 0. The Morgan fingerprint density at radius 3 is 2.58 bits per heavy atom. The van der Waals surface area contributed by atoms with Gasteiger partial charge in [0, 0.05) is 35.5 Å². The van der Waals surface area contributed by atoms with E-state index < -0.39 is 0 Å². The molecule has 0 saturated heterocycles. The first-order valence-electron chi connectivity index (χ1n) is 10.4. The fraction of sp³-hybridized carbons (Fsp3) is 0.200. The Balaban J connectivity index is 1.49. The van der Waals surface area contributed by atoms with Crippen LogP contribution < -0.4 is 10.6 Å². The first kappa shape index (κ1) is 20.6. The van der Waals surface area contributed by atoms with Crippen molar-refractivity contribution < 1.29 is 14.0 Å². The second kappa shape index (κ2) is 9.00. The molecule has 0 aliphatic carbocycles. The van der Waals surface area contributed by atoms with Crippen LogP contribution in [-0.2, 0) is 6.54 Å². The molecule has 1 atom stereocenters. The van der Waals surface area contributed by atoms with Crippen LogP contribution in [0, 0.1) is 5.82 Å². The number of fused-ring (bicyclic) bond motifs is 1. The van der Waals surface area contributed by atoms with Gasteiger partial charge in [-0.2, -0.15) is 0 Å². The zero-order chi connectivity index (χ0) is 21.8. The minimum atomic E-state index is -0.307. The van der Waals surface area contributed by atoms with E-state index in [1.54, 1.807) is 24.3 Å². The van der Waals surface area contributed by atoms with Crippen LogP contribution in [0.3, 0.4) is 0 Å². The Hall–Kier alpha value is -3.67. The molecule has 1 aliphatic rings. The standard InChI is InChI=1S/C25H24FN3O2/c1-2-14-29-23(21-8-3-4-9-22(21)25(29)31)28-20-7-5-6-18(15-20)24(30)27-16-17-10-12-19(26)13-11-17/h3-13,15,23,28H,2,14,16H2,1H3,(H,27,30)/t23-/m0/s1. The lowest BCUT2D eigenvalue weighted by atomic mass is 10.1. The lowest BCUT2D eigenvalue weighted by Crippen LogP contribution is -2.33. The minimum absolute atomic E-state index is 0.0168. The third-order valence-corrected chi connectivity index (χ3v) is 5.32. The smallest absolute Gasteiger partial charge is 0.256 e. The zero-order valence-electron chi connectivity index (χ0n) is 17.3. The molecule has 2 N–H and O–H groups in total. The summed E-state index contributed by atoms with van der Waals surface area (Å²) in [6.45, 7) is 2.99. The Morgan fingerprint density at radius 2 is 1.81 bits per heavy atom. The molecule has 2 amide bonds. The predicted molar refractivity (Wildman–Crippen MR) is 118 cm³/mol. The number of carbonyl (C=O) groups is 2. The molecular weight excluding hydrogens is 393 g/mol. The second-order valence-electron chi connectivity index (χ2n) is 7.52. The summed E-state index contributed by atoms with van der Waals surface area (Å²) in [6.07, 6.45) is 0.574. The van der Waals surface area contributed by atoms with Gasteiger partial charge in [0.1, 0.15) is 12.0 Å². The number of benzene rings is 3. The number of carbonyl (C=O) groups excluding carboxylic acids is 2. The Bertz CT molecular complexity index is 1100. The molecule has 4 rings (SSSR count). The van der Waals surface area contributed by atoms with Crippen molar-refractivity contribution in [2.24, 2.45) is 0 Å². The molecule has 5 nitrogen and oxygen atoms in total. The van der Waals surface area contributed by atoms with Gasteiger partial charge in [-0.15, -0.1) is 0 Å². The molecule has 0 spiro atoms. The summed E-state index contributed by atoms with van der Waals surface area (Å²) in [4.78, 5) is 27.2. The lowest BCUT2D eigenvalue weighted by Gasteiger charge is -2.27. The van der Waals surface area contributed by atoms with E-state index >= 15 is 0 Å². The van der Waals surface area contributed by atoms with Gasteiger partial charge in [-0.1, -0.05) is 43.3 Å². The molecule has 0 bridgehead atoms. The molecule has 1 aliphatic heterocycles. The molecule has 3 aromatic rings. The Labute approximate surface area is 180 Å². The number of hydrogen-bond donors (Lipinski definition) is 2. The van der Waals surface area contributed by atoms with Crippen molar-refractivity contribution in [2.75, 3.05) is 11.9 Å². The van der Waals surface area contributed by atoms with E-state index in [0.717, 1.165) is 23.2 Å².